The van der Waals surface area contributed by atoms with Gasteiger partial charge in [0, 0.05) is 50.4 Å². The minimum absolute atomic E-state index is 0.812. The highest BCUT2D eigenvalue weighted by Crippen LogP contribution is 2.56. The van der Waals surface area contributed by atoms with Crippen molar-refractivity contribution in [3.63, 3.8) is 0 Å². The number of para-hydroxylation sites is 4. The summed E-state index contributed by atoms with van der Waals surface area (Å²) in [5, 5.41) is 5.52. The summed E-state index contributed by atoms with van der Waals surface area (Å²) in [6.07, 6.45) is 0. The first-order chi connectivity index (χ1) is 29.3. The molecular formula is C54H35N3O2. The van der Waals surface area contributed by atoms with E-state index in [4.69, 9.17) is 9.15 Å². The molecule has 5 heteroatoms. The van der Waals surface area contributed by atoms with E-state index in [9.17, 15) is 0 Å². The summed E-state index contributed by atoms with van der Waals surface area (Å²) in [5.41, 5.74) is 11.2. The number of hydrogen-bond donors (Lipinski definition) is 0. The van der Waals surface area contributed by atoms with Gasteiger partial charge in [-0.05, 0) is 101 Å². The molecule has 11 aromatic rings. The fourth-order valence-corrected chi connectivity index (χ4v) is 8.85. The van der Waals surface area contributed by atoms with Gasteiger partial charge in [0.1, 0.15) is 11.2 Å². The lowest BCUT2D eigenvalue weighted by Crippen LogP contribution is -2.18. The third kappa shape index (κ3) is 5.33. The molecule has 1 aliphatic rings. The summed E-state index contributed by atoms with van der Waals surface area (Å²) in [6.45, 7) is 0. The van der Waals surface area contributed by atoms with Crippen LogP contribution in [-0.2, 0) is 0 Å². The largest absolute Gasteiger partial charge is 0.456 e. The summed E-state index contributed by atoms with van der Waals surface area (Å²) in [7, 11) is 0. The van der Waals surface area contributed by atoms with E-state index in [2.05, 4.69) is 208 Å². The molecule has 1 aliphatic heterocycles. The lowest BCUT2D eigenvalue weighted by atomic mass is 10.0. The third-order valence-electron chi connectivity index (χ3n) is 11.5. The number of rotatable bonds is 6. The molecule has 0 saturated heterocycles. The molecule has 59 heavy (non-hydrogen) atoms. The van der Waals surface area contributed by atoms with Crippen LogP contribution in [-0.4, -0.2) is 4.57 Å². The lowest BCUT2D eigenvalue weighted by molar-refractivity contribution is 0.481. The Bertz CT molecular complexity index is 3370. The number of furan rings is 1. The number of nitrogens with zero attached hydrogens (tertiary/aromatic N) is 3. The number of benzene rings is 9. The molecule has 0 fully saturated rings. The first-order valence-electron chi connectivity index (χ1n) is 19.9. The molecule has 278 valence electrons. The van der Waals surface area contributed by atoms with E-state index >= 15 is 0 Å². The molecule has 2 aromatic heterocycles. The highest BCUT2D eigenvalue weighted by molar-refractivity contribution is 6.09. The second-order valence-corrected chi connectivity index (χ2v) is 15.0. The standard InChI is InChI=1S/C54H35N3O2/c1-4-15-36(16-5-1)38-27-30-44-45-31-28-42(35-52(45)58-51(44)33-38)55(47-25-14-18-37-17-10-11-23-43(37)47)41-29-32-46-49(34-41)57(40-21-8-3-9-22-40)54-53(46)59-50-26-13-12-24-48(50)56(54)39-19-6-2-7-20-39/h1-35H. The molecule has 0 N–H and O–H groups in total. The van der Waals surface area contributed by atoms with Crippen molar-refractivity contribution in [2.45, 2.75) is 0 Å². The van der Waals surface area contributed by atoms with E-state index in [-0.39, 0.29) is 0 Å². The van der Waals surface area contributed by atoms with E-state index < -0.39 is 0 Å². The van der Waals surface area contributed by atoms with Crippen LogP contribution in [0.15, 0.2) is 217 Å². The Hall–Kier alpha value is -8.02. The second-order valence-electron chi connectivity index (χ2n) is 15.0. The fourth-order valence-electron chi connectivity index (χ4n) is 8.85. The van der Waals surface area contributed by atoms with Crippen LogP contribution >= 0.6 is 0 Å². The predicted molar refractivity (Wildman–Crippen MR) is 243 cm³/mol. The van der Waals surface area contributed by atoms with Gasteiger partial charge < -0.3 is 14.1 Å². The first kappa shape index (κ1) is 33.2. The van der Waals surface area contributed by atoms with Crippen LogP contribution in [0.1, 0.15) is 0 Å². The van der Waals surface area contributed by atoms with E-state index in [1.165, 1.54) is 5.39 Å². The Balaban J connectivity index is 1.10. The van der Waals surface area contributed by atoms with Gasteiger partial charge in [-0.2, -0.15) is 0 Å². The second kappa shape index (κ2) is 13.3. The van der Waals surface area contributed by atoms with Crippen LogP contribution in [0.2, 0.25) is 0 Å². The van der Waals surface area contributed by atoms with Gasteiger partial charge in [0.05, 0.1) is 16.9 Å². The van der Waals surface area contributed by atoms with Crippen LogP contribution in [0.3, 0.4) is 0 Å². The molecule has 0 amide bonds. The maximum absolute atomic E-state index is 6.90. The number of aromatic nitrogens is 1. The van der Waals surface area contributed by atoms with Gasteiger partial charge in [0.2, 0.25) is 0 Å². The maximum atomic E-state index is 6.90. The third-order valence-corrected chi connectivity index (χ3v) is 11.5. The van der Waals surface area contributed by atoms with Crippen LogP contribution in [0.25, 0.3) is 60.4 Å². The Morgan fingerprint density at radius 1 is 0.424 bits per heavy atom. The maximum Gasteiger partial charge on any atom is 0.178 e. The van der Waals surface area contributed by atoms with Crippen molar-refractivity contribution in [1.82, 2.24) is 4.57 Å². The highest BCUT2D eigenvalue weighted by atomic mass is 16.5. The molecule has 0 unspecified atom stereocenters. The molecule has 9 aromatic carbocycles. The number of hydrogen-bond acceptors (Lipinski definition) is 4. The van der Waals surface area contributed by atoms with Crippen molar-refractivity contribution in [3.05, 3.63) is 212 Å². The number of anilines is 6. The monoisotopic (exact) mass is 757 g/mol. The summed E-state index contributed by atoms with van der Waals surface area (Å²) in [6, 6.07) is 74.8. The highest BCUT2D eigenvalue weighted by Gasteiger charge is 2.33. The van der Waals surface area contributed by atoms with Gasteiger partial charge in [-0.1, -0.05) is 121 Å². The van der Waals surface area contributed by atoms with Gasteiger partial charge in [-0.3, -0.25) is 9.47 Å². The SMILES string of the molecule is c1ccc(-c2ccc3c(c2)oc2cc(N(c4ccc5c6c(n(-c7ccccc7)c5c4)N(c4ccccc4)c4ccccc4O6)c4cccc5ccccc45)ccc23)cc1. The lowest BCUT2D eigenvalue weighted by Gasteiger charge is -2.32. The van der Waals surface area contributed by atoms with E-state index in [1.54, 1.807) is 0 Å². The predicted octanol–water partition coefficient (Wildman–Crippen LogP) is 15.4. The average Bonchev–Trinajstić information content (AvgIpc) is 3.83. The Kier molecular flexibility index (Phi) is 7.47. The van der Waals surface area contributed by atoms with Crippen LogP contribution in [0, 0.1) is 0 Å². The van der Waals surface area contributed by atoms with Crippen molar-refractivity contribution >= 4 is 77.9 Å². The number of fused-ring (bicyclic) bond motifs is 8. The normalized spacial score (nSPS) is 12.2. The smallest absolute Gasteiger partial charge is 0.178 e. The molecule has 0 spiro atoms. The summed E-state index contributed by atoms with van der Waals surface area (Å²) < 4.78 is 15.9. The molecule has 3 heterocycles. The molecule has 0 aliphatic carbocycles. The Morgan fingerprint density at radius 3 is 1.86 bits per heavy atom. The Labute approximate surface area is 340 Å². The summed E-state index contributed by atoms with van der Waals surface area (Å²) >= 11 is 0. The minimum atomic E-state index is 0.812. The van der Waals surface area contributed by atoms with Crippen LogP contribution in [0.5, 0.6) is 11.5 Å². The molecular weight excluding hydrogens is 723 g/mol. The van der Waals surface area contributed by atoms with Crippen molar-refractivity contribution in [3.8, 4) is 28.3 Å². The van der Waals surface area contributed by atoms with Gasteiger partial charge in [-0.15, -0.1) is 0 Å². The van der Waals surface area contributed by atoms with Crippen molar-refractivity contribution in [2.24, 2.45) is 0 Å². The van der Waals surface area contributed by atoms with Crippen molar-refractivity contribution in [2.75, 3.05) is 9.80 Å². The molecule has 5 nitrogen and oxygen atoms in total. The average molecular weight is 758 g/mol. The summed E-state index contributed by atoms with van der Waals surface area (Å²) in [5.74, 6) is 2.57. The molecule has 0 radical (unpaired) electrons. The van der Waals surface area contributed by atoms with Crippen molar-refractivity contribution < 1.29 is 9.15 Å². The van der Waals surface area contributed by atoms with Crippen LogP contribution < -0.4 is 14.5 Å². The Morgan fingerprint density at radius 2 is 1.05 bits per heavy atom. The molecule has 0 atom stereocenters. The zero-order valence-corrected chi connectivity index (χ0v) is 31.9. The fraction of sp³-hybridized carbons (Fsp3) is 0. The van der Waals surface area contributed by atoms with Crippen LogP contribution in [0.4, 0.5) is 34.3 Å². The molecule has 0 saturated carbocycles. The van der Waals surface area contributed by atoms with Gasteiger partial charge in [0.15, 0.2) is 17.3 Å². The topological polar surface area (TPSA) is 33.8 Å². The van der Waals surface area contributed by atoms with E-state index in [0.29, 0.717) is 0 Å². The minimum Gasteiger partial charge on any atom is -0.456 e. The van der Waals surface area contributed by atoms with E-state index in [0.717, 1.165) is 101 Å². The van der Waals surface area contributed by atoms with Crippen molar-refractivity contribution in [1.29, 1.82) is 0 Å². The van der Waals surface area contributed by atoms with Gasteiger partial charge in [0.25, 0.3) is 0 Å². The van der Waals surface area contributed by atoms with Gasteiger partial charge >= 0.3 is 0 Å². The quantitative estimate of drug-likeness (QED) is 0.169. The molecule has 12 rings (SSSR count). The molecule has 0 bridgehead atoms. The first-order valence-corrected chi connectivity index (χ1v) is 19.9. The zero-order chi connectivity index (χ0) is 38.9. The van der Waals surface area contributed by atoms with Gasteiger partial charge in [-0.25, -0.2) is 0 Å². The number of ether oxygens (including phenoxy) is 1. The zero-order valence-electron chi connectivity index (χ0n) is 31.9. The van der Waals surface area contributed by atoms with E-state index in [1.807, 2.05) is 18.2 Å². The summed E-state index contributed by atoms with van der Waals surface area (Å²) in [4.78, 5) is 4.68.